The standard InChI is InChI=1S/2C17H36N2O2.C16H34N2O2.C9H20N2/c2*1-16(2,3)15-20-13-11-18-7-9-19(10-8-18)12-14-21-17(4,5)6;1-15(2,3)19-13-11-17-7-9-18(10-8-17)12-14-20-16(4,5)6;1-4-10-5-7-11(8-6-10)9(2)3/h2*7-15H2,1-6H3;7-14H2,1-6H3;9H,4-8H2,1-3H3. The van der Waals surface area contributed by atoms with Crippen molar-refractivity contribution in [2.75, 3.05) is 203 Å². The van der Waals surface area contributed by atoms with Crippen molar-refractivity contribution in [3.05, 3.63) is 0 Å². The minimum atomic E-state index is -0.0217. The fraction of sp³-hybridized carbons (Fsp3) is 1.00. The van der Waals surface area contributed by atoms with Gasteiger partial charge in [0.15, 0.2) is 0 Å². The van der Waals surface area contributed by atoms with Crippen LogP contribution in [0.25, 0.3) is 0 Å². The van der Waals surface area contributed by atoms with Gasteiger partial charge in [-0.3, -0.25) is 34.3 Å². The van der Waals surface area contributed by atoms with Gasteiger partial charge >= 0.3 is 0 Å². The van der Waals surface area contributed by atoms with Crippen LogP contribution in [0.1, 0.15) is 145 Å². The van der Waals surface area contributed by atoms with Crippen LogP contribution in [0.3, 0.4) is 0 Å². The summed E-state index contributed by atoms with van der Waals surface area (Å²) in [5.41, 5.74) is 0.453. The number of hydrogen-bond acceptors (Lipinski definition) is 14. The van der Waals surface area contributed by atoms with Crippen LogP contribution < -0.4 is 0 Å². The van der Waals surface area contributed by atoms with Gasteiger partial charge in [-0.05, 0) is 114 Å². The summed E-state index contributed by atoms with van der Waals surface area (Å²) in [5, 5.41) is 0. The quantitative estimate of drug-likeness (QED) is 0.0978. The summed E-state index contributed by atoms with van der Waals surface area (Å²) in [7, 11) is 0. The molecule has 0 spiro atoms. The van der Waals surface area contributed by atoms with E-state index in [-0.39, 0.29) is 33.2 Å². The van der Waals surface area contributed by atoms with Gasteiger partial charge in [0.1, 0.15) is 0 Å². The van der Waals surface area contributed by atoms with Gasteiger partial charge < -0.3 is 33.3 Å². The van der Waals surface area contributed by atoms with Crippen LogP contribution in [0, 0.1) is 10.8 Å². The summed E-state index contributed by atoms with van der Waals surface area (Å²) < 4.78 is 34.7. The molecule has 4 saturated heterocycles. The monoisotopic (exact) mass is 1040 g/mol. The van der Waals surface area contributed by atoms with E-state index >= 15 is 0 Å². The SMILES string of the molecule is CC(C)(C)COCCN1CCN(CCOC(C)(C)C)CC1.CC(C)(C)COCCN1CCN(CCOC(C)(C)C)CC1.CC(C)(C)OCCN1CCN(CCOC(C)(C)C)CC1.CCN1CCN(C(C)C)CC1. The number of nitrogens with zero attached hydrogens (tertiary/aromatic N) is 8. The van der Waals surface area contributed by atoms with Gasteiger partial charge in [-0.15, -0.1) is 0 Å². The molecule has 73 heavy (non-hydrogen) atoms. The van der Waals surface area contributed by atoms with Gasteiger partial charge in [0.2, 0.25) is 0 Å². The Balaban J connectivity index is 0.000000497. The Morgan fingerprint density at radius 1 is 0.301 bits per heavy atom. The second kappa shape index (κ2) is 35.8. The molecule has 0 amide bonds. The first-order valence-corrected chi connectivity index (χ1v) is 29.2. The van der Waals surface area contributed by atoms with Crippen LogP contribution in [-0.4, -0.2) is 271 Å². The third-order valence-corrected chi connectivity index (χ3v) is 12.9. The summed E-state index contributed by atoms with van der Waals surface area (Å²) in [6.07, 6.45) is 0. The Hall–Kier alpha value is -0.560. The van der Waals surface area contributed by atoms with Crippen molar-refractivity contribution in [2.24, 2.45) is 10.8 Å². The number of hydrogen-bond donors (Lipinski definition) is 0. The fourth-order valence-electron chi connectivity index (χ4n) is 8.37. The first-order chi connectivity index (χ1) is 33.7. The minimum Gasteiger partial charge on any atom is -0.380 e. The van der Waals surface area contributed by atoms with Crippen molar-refractivity contribution in [3.63, 3.8) is 0 Å². The molecule has 0 aromatic rings. The van der Waals surface area contributed by atoms with E-state index < -0.39 is 0 Å². The highest BCUT2D eigenvalue weighted by Gasteiger charge is 2.22. The van der Waals surface area contributed by atoms with Crippen LogP contribution in [0.5, 0.6) is 0 Å². The predicted octanol–water partition coefficient (Wildman–Crippen LogP) is 8.23. The number of piperazine rings is 4. The van der Waals surface area contributed by atoms with E-state index in [2.05, 4.69) is 185 Å². The summed E-state index contributed by atoms with van der Waals surface area (Å²) in [6, 6.07) is 0.731. The van der Waals surface area contributed by atoms with Crippen molar-refractivity contribution < 1.29 is 28.4 Å². The average Bonchev–Trinajstić information content (AvgIpc) is 3.26. The lowest BCUT2D eigenvalue weighted by molar-refractivity contribution is -0.0280. The predicted molar refractivity (Wildman–Crippen MR) is 311 cm³/mol. The molecule has 4 rings (SSSR count). The van der Waals surface area contributed by atoms with Crippen molar-refractivity contribution in [1.82, 2.24) is 39.2 Å². The molecule has 0 aromatic carbocycles. The molecule has 4 heterocycles. The molecule has 438 valence electrons. The topological polar surface area (TPSA) is 81.3 Å². The van der Waals surface area contributed by atoms with Gasteiger partial charge in [-0.1, -0.05) is 48.5 Å². The molecule has 0 unspecified atom stereocenters. The van der Waals surface area contributed by atoms with E-state index in [0.29, 0.717) is 0 Å². The summed E-state index contributed by atoms with van der Waals surface area (Å²) in [5.74, 6) is 0. The van der Waals surface area contributed by atoms with Gasteiger partial charge in [-0.2, -0.15) is 0 Å². The molecule has 0 aliphatic carbocycles. The average molecular weight is 1040 g/mol. The number of ether oxygens (including phenoxy) is 6. The molecule has 14 heteroatoms. The van der Waals surface area contributed by atoms with E-state index in [1.165, 1.54) is 32.7 Å². The van der Waals surface area contributed by atoms with E-state index in [1.54, 1.807) is 0 Å². The lowest BCUT2D eigenvalue weighted by atomic mass is 9.99. The van der Waals surface area contributed by atoms with Crippen molar-refractivity contribution in [2.45, 2.75) is 174 Å². The Morgan fingerprint density at radius 2 is 0.507 bits per heavy atom. The third kappa shape index (κ3) is 43.1. The first kappa shape index (κ1) is 70.5. The van der Waals surface area contributed by atoms with Gasteiger partial charge in [0.25, 0.3) is 0 Å². The second-order valence-electron chi connectivity index (χ2n) is 27.7. The highest BCUT2D eigenvalue weighted by molar-refractivity contribution is 4.76. The smallest absolute Gasteiger partial charge is 0.0600 e. The Morgan fingerprint density at radius 3 is 0.685 bits per heavy atom. The maximum Gasteiger partial charge on any atom is 0.0600 e. The molecule has 4 aliphatic heterocycles. The lowest BCUT2D eigenvalue weighted by Gasteiger charge is -2.36. The van der Waals surface area contributed by atoms with Gasteiger partial charge in [0, 0.05) is 150 Å². The molecule has 4 aliphatic rings. The van der Waals surface area contributed by atoms with E-state index in [4.69, 9.17) is 28.4 Å². The number of rotatable bonds is 22. The van der Waals surface area contributed by atoms with E-state index in [0.717, 1.165) is 177 Å². The lowest BCUT2D eigenvalue weighted by Crippen LogP contribution is -2.48. The van der Waals surface area contributed by atoms with Crippen LogP contribution in [0.4, 0.5) is 0 Å². The van der Waals surface area contributed by atoms with Crippen LogP contribution in [-0.2, 0) is 28.4 Å². The normalized spacial score (nSPS) is 19.8. The molecule has 14 nitrogen and oxygen atoms in total. The molecular formula is C59H126N8O6. The zero-order valence-corrected chi connectivity index (χ0v) is 52.5. The molecule has 0 N–H and O–H groups in total. The Labute approximate surface area is 454 Å². The van der Waals surface area contributed by atoms with Crippen molar-refractivity contribution >= 4 is 0 Å². The van der Waals surface area contributed by atoms with Gasteiger partial charge in [-0.25, -0.2) is 0 Å². The highest BCUT2D eigenvalue weighted by atomic mass is 16.5. The van der Waals surface area contributed by atoms with Crippen LogP contribution in [0.2, 0.25) is 0 Å². The minimum absolute atomic E-state index is 0.0216. The molecule has 0 saturated carbocycles. The van der Waals surface area contributed by atoms with Crippen LogP contribution >= 0.6 is 0 Å². The Kier molecular flexibility index (Phi) is 34.6. The summed E-state index contributed by atoms with van der Waals surface area (Å²) >= 11 is 0. The van der Waals surface area contributed by atoms with Gasteiger partial charge in [0.05, 0.1) is 75.3 Å². The van der Waals surface area contributed by atoms with Crippen LogP contribution in [0.15, 0.2) is 0 Å². The molecular weight excluding hydrogens is 917 g/mol. The zero-order chi connectivity index (χ0) is 55.4. The first-order valence-electron chi connectivity index (χ1n) is 29.2. The van der Waals surface area contributed by atoms with Crippen molar-refractivity contribution in [1.29, 1.82) is 0 Å². The molecule has 0 aromatic heterocycles. The maximum atomic E-state index is 5.79. The summed E-state index contributed by atoms with van der Waals surface area (Å²) in [4.78, 5) is 20.1. The second-order valence-corrected chi connectivity index (χ2v) is 27.7. The molecule has 4 fully saturated rings. The molecule has 0 radical (unpaired) electrons. The zero-order valence-electron chi connectivity index (χ0n) is 52.5. The largest absolute Gasteiger partial charge is 0.380 e. The highest BCUT2D eigenvalue weighted by Crippen LogP contribution is 2.15. The fourth-order valence-corrected chi connectivity index (χ4v) is 8.37. The maximum absolute atomic E-state index is 5.79. The molecule has 0 atom stereocenters. The van der Waals surface area contributed by atoms with E-state index in [9.17, 15) is 0 Å². The number of likely N-dealkylation sites (N-methyl/N-ethyl adjacent to an activating group) is 1. The third-order valence-electron chi connectivity index (χ3n) is 12.9. The van der Waals surface area contributed by atoms with Crippen molar-refractivity contribution in [3.8, 4) is 0 Å². The molecule has 0 bridgehead atoms. The van der Waals surface area contributed by atoms with E-state index in [1.807, 2.05) is 0 Å². The summed E-state index contributed by atoms with van der Waals surface area (Å²) in [6.45, 7) is 78.4. The Bertz CT molecular complexity index is 1220.